The molecule has 0 aromatic carbocycles. The molecule has 0 aliphatic rings. The average molecular weight is 254 g/mol. The monoisotopic (exact) mass is 254 g/mol. The van der Waals surface area contributed by atoms with Crippen molar-refractivity contribution in [3.05, 3.63) is 0 Å². The Morgan fingerprint density at radius 2 is 1.87 bits per heavy atom. The molecule has 0 aliphatic heterocycles. The van der Waals surface area contributed by atoms with Crippen LogP contribution in [0.1, 0.15) is 22.2 Å². The number of hydrogen-bond donors (Lipinski definition) is 1. The number of hydrogen-bond acceptors (Lipinski definition) is 3. The molecule has 4 nitrogen and oxygen atoms in total. The summed E-state index contributed by atoms with van der Waals surface area (Å²) in [5.41, 5.74) is -0.910. The molecule has 0 rings (SSSR count). The van der Waals surface area contributed by atoms with E-state index in [1.807, 2.05) is 0 Å². The van der Waals surface area contributed by atoms with E-state index >= 15 is 0 Å². The molecule has 0 saturated heterocycles. The number of carbonyl (C=O) groups is 1. The summed E-state index contributed by atoms with van der Waals surface area (Å²) < 4.78 is 47.3. The van der Waals surface area contributed by atoms with Gasteiger partial charge in [-0.25, -0.2) is 4.21 Å². The fourth-order valence-corrected chi connectivity index (χ4v) is 0.576. The molecule has 0 fully saturated rings. The minimum absolute atomic E-state index is 0. The Morgan fingerprint density at radius 1 is 1.47 bits per heavy atom. The summed E-state index contributed by atoms with van der Waals surface area (Å²) >= 11 is -3.33. The molecule has 0 radical (unpaired) electrons. The number of halogens is 2. The van der Waals surface area contributed by atoms with Gasteiger partial charge in [-0.3, -0.25) is 4.79 Å². The van der Waals surface area contributed by atoms with Crippen LogP contribution in [0.15, 0.2) is 0 Å². The number of carbonyl (C=O) groups excluding carboxylic acids is 1. The maximum Gasteiger partial charge on any atom is 1.00 e. The van der Waals surface area contributed by atoms with E-state index in [1.54, 1.807) is 0 Å². The van der Waals surface area contributed by atoms with Gasteiger partial charge in [0.25, 0.3) is 0 Å². The van der Waals surface area contributed by atoms with Crippen LogP contribution >= 0.6 is 0 Å². The Morgan fingerprint density at radius 3 is 2.13 bits per heavy atom. The van der Waals surface area contributed by atoms with Gasteiger partial charge in [-0.2, -0.15) is 8.78 Å². The van der Waals surface area contributed by atoms with Crippen molar-refractivity contribution in [3.63, 3.8) is 0 Å². The first-order valence-corrected chi connectivity index (χ1v) is 4.84. The zero-order valence-corrected chi connectivity index (χ0v) is 11.9. The van der Waals surface area contributed by atoms with E-state index in [0.29, 0.717) is 0 Å². The number of rotatable bonds is 3. The molecular formula is C7H13F2NaO4S. The summed E-state index contributed by atoms with van der Waals surface area (Å²) in [5.74, 6) is -0.845. The molecule has 1 unspecified atom stereocenters. The standard InChI is InChI=1S/C7H12F2O4S.Na.H/c1-6(2,3)5(10)13-4-7(8,9)14(11)12;;/h4H2,1-3H3,(H,11,12);;/q;+1;-1. The van der Waals surface area contributed by atoms with Crippen molar-refractivity contribution in [3.8, 4) is 0 Å². The van der Waals surface area contributed by atoms with Gasteiger partial charge in [-0.05, 0) is 20.8 Å². The van der Waals surface area contributed by atoms with Gasteiger partial charge in [-0.1, -0.05) is 0 Å². The quantitative estimate of drug-likeness (QED) is 0.378. The summed E-state index contributed by atoms with van der Waals surface area (Å²) in [6.45, 7) is 3.09. The smallest absolute Gasteiger partial charge is 1.00 e. The first-order chi connectivity index (χ1) is 6.07. The normalized spacial score (nSPS) is 14.0. The van der Waals surface area contributed by atoms with Crippen molar-refractivity contribution in [2.75, 3.05) is 6.61 Å². The Kier molecular flexibility index (Phi) is 7.42. The van der Waals surface area contributed by atoms with Crippen molar-refractivity contribution in [2.45, 2.75) is 26.0 Å². The molecule has 0 spiro atoms. The summed E-state index contributed by atoms with van der Waals surface area (Å²) in [5, 5.41) is -3.92. The topological polar surface area (TPSA) is 63.6 Å². The van der Waals surface area contributed by atoms with Crippen molar-refractivity contribution in [1.82, 2.24) is 0 Å². The zero-order chi connectivity index (χ0) is 11.6. The molecule has 0 heterocycles. The first-order valence-electron chi connectivity index (χ1n) is 3.73. The number of alkyl halides is 2. The van der Waals surface area contributed by atoms with Crippen LogP contribution < -0.4 is 29.6 Å². The Balaban J connectivity index is -0.000000845. The van der Waals surface area contributed by atoms with E-state index in [1.165, 1.54) is 20.8 Å². The van der Waals surface area contributed by atoms with Crippen LogP contribution in [0.5, 0.6) is 0 Å². The molecule has 1 N–H and O–H groups in total. The van der Waals surface area contributed by atoms with Crippen LogP contribution in [-0.2, 0) is 20.6 Å². The molecule has 86 valence electrons. The van der Waals surface area contributed by atoms with E-state index in [4.69, 9.17) is 4.55 Å². The fraction of sp³-hybridized carbons (Fsp3) is 0.857. The van der Waals surface area contributed by atoms with E-state index in [2.05, 4.69) is 4.74 Å². The molecule has 0 aromatic rings. The molecule has 0 amide bonds. The third-order valence-corrected chi connectivity index (χ3v) is 1.87. The molecular weight excluding hydrogens is 241 g/mol. The third kappa shape index (κ3) is 6.57. The molecule has 0 aliphatic carbocycles. The number of esters is 1. The van der Waals surface area contributed by atoms with Gasteiger partial charge in [0.15, 0.2) is 6.61 Å². The van der Waals surface area contributed by atoms with Crippen LogP contribution in [0.25, 0.3) is 0 Å². The maximum atomic E-state index is 12.5. The van der Waals surface area contributed by atoms with Crippen LogP contribution in [0.3, 0.4) is 0 Å². The molecule has 0 aromatic heterocycles. The van der Waals surface area contributed by atoms with E-state index in [0.717, 1.165) is 0 Å². The summed E-state index contributed by atoms with van der Waals surface area (Å²) in [7, 11) is 0. The van der Waals surface area contributed by atoms with Crippen LogP contribution in [0.2, 0.25) is 0 Å². The van der Waals surface area contributed by atoms with Gasteiger partial charge < -0.3 is 10.7 Å². The molecule has 0 bridgehead atoms. The maximum absolute atomic E-state index is 12.5. The minimum Gasteiger partial charge on any atom is -1.00 e. The second-order valence-electron chi connectivity index (χ2n) is 3.71. The predicted molar refractivity (Wildman–Crippen MR) is 47.2 cm³/mol. The van der Waals surface area contributed by atoms with Gasteiger partial charge in [0, 0.05) is 0 Å². The number of ether oxygens (including phenoxy) is 1. The van der Waals surface area contributed by atoms with Gasteiger partial charge in [0.1, 0.15) is 0 Å². The van der Waals surface area contributed by atoms with Crippen LogP contribution in [0.4, 0.5) is 8.78 Å². The average Bonchev–Trinajstić information content (AvgIpc) is 1.98. The third-order valence-electron chi connectivity index (χ3n) is 1.24. The van der Waals surface area contributed by atoms with Gasteiger partial charge >= 0.3 is 40.8 Å². The zero-order valence-electron chi connectivity index (χ0n) is 10.0. The summed E-state index contributed by atoms with van der Waals surface area (Å²) in [4.78, 5) is 11.0. The summed E-state index contributed by atoms with van der Waals surface area (Å²) in [6.07, 6.45) is 0. The Labute approximate surface area is 113 Å². The fourth-order valence-electron chi connectivity index (χ4n) is 0.416. The van der Waals surface area contributed by atoms with Crippen molar-refractivity contribution in [2.24, 2.45) is 5.41 Å². The van der Waals surface area contributed by atoms with Crippen molar-refractivity contribution < 1.29 is 58.1 Å². The van der Waals surface area contributed by atoms with E-state index < -0.39 is 34.3 Å². The Bertz CT molecular complexity index is 257. The van der Waals surface area contributed by atoms with E-state index in [-0.39, 0.29) is 31.0 Å². The summed E-state index contributed by atoms with van der Waals surface area (Å²) in [6, 6.07) is 0. The molecule has 15 heavy (non-hydrogen) atoms. The Hall–Kier alpha value is 0.440. The molecule has 8 heteroatoms. The van der Waals surface area contributed by atoms with Gasteiger partial charge in [0.2, 0.25) is 11.1 Å². The van der Waals surface area contributed by atoms with Gasteiger partial charge in [0.05, 0.1) is 5.41 Å². The van der Waals surface area contributed by atoms with Gasteiger partial charge in [-0.15, -0.1) is 0 Å². The SMILES string of the molecule is CC(C)(C)C(=O)OCC(F)(F)S(=O)O.[H-].[Na+]. The van der Waals surface area contributed by atoms with Crippen LogP contribution in [-0.4, -0.2) is 26.6 Å². The largest absolute Gasteiger partial charge is 1.00 e. The minimum atomic E-state index is -3.92. The second kappa shape index (κ2) is 6.24. The van der Waals surface area contributed by atoms with Crippen LogP contribution in [0, 0.1) is 5.41 Å². The van der Waals surface area contributed by atoms with E-state index in [9.17, 15) is 17.8 Å². The second-order valence-corrected chi connectivity index (χ2v) is 4.81. The molecule has 1 atom stereocenters. The predicted octanol–water partition coefficient (Wildman–Crippen LogP) is -1.49. The molecule has 0 saturated carbocycles. The van der Waals surface area contributed by atoms with Crippen molar-refractivity contribution >= 4 is 17.0 Å². The van der Waals surface area contributed by atoms with Crippen molar-refractivity contribution in [1.29, 1.82) is 0 Å². The first kappa shape index (κ1) is 17.8.